The van der Waals surface area contributed by atoms with Crippen LogP contribution >= 0.6 is 0 Å². The molecule has 1 heterocycles. The van der Waals surface area contributed by atoms with Crippen molar-refractivity contribution in [3.8, 4) is 0 Å². The summed E-state index contributed by atoms with van der Waals surface area (Å²) < 4.78 is 35.0. The van der Waals surface area contributed by atoms with Gasteiger partial charge in [0, 0.05) is 12.7 Å². The molecule has 0 amide bonds. The third kappa shape index (κ3) is 4.29. The zero-order valence-corrected chi connectivity index (χ0v) is 6.67. The highest BCUT2D eigenvalue weighted by molar-refractivity contribution is 5.31. The summed E-state index contributed by atoms with van der Waals surface area (Å²) in [4.78, 5) is 0. The van der Waals surface area contributed by atoms with Crippen molar-refractivity contribution in [2.45, 2.75) is 12.6 Å². The number of aromatic nitrogens is 2. The molecule has 0 saturated heterocycles. The van der Waals surface area contributed by atoms with Gasteiger partial charge in [-0.1, -0.05) is 0 Å². The van der Waals surface area contributed by atoms with Gasteiger partial charge in [0.1, 0.15) is 5.82 Å². The molecule has 1 rings (SSSR count). The second-order valence-electron chi connectivity index (χ2n) is 2.40. The van der Waals surface area contributed by atoms with Crippen molar-refractivity contribution in [2.75, 3.05) is 11.9 Å². The Bertz CT molecular complexity index is 247. The van der Waals surface area contributed by atoms with Crippen molar-refractivity contribution < 1.29 is 13.2 Å². The molecule has 0 fully saturated rings. The van der Waals surface area contributed by atoms with Crippen LogP contribution in [0.1, 0.15) is 6.42 Å². The van der Waals surface area contributed by atoms with Gasteiger partial charge in [-0.15, -0.1) is 5.10 Å². The molecule has 0 aliphatic heterocycles. The Hall–Kier alpha value is -1.33. The van der Waals surface area contributed by atoms with E-state index in [4.69, 9.17) is 0 Å². The fourth-order valence-electron chi connectivity index (χ4n) is 0.728. The lowest BCUT2D eigenvalue weighted by Gasteiger charge is -2.06. The molecule has 0 radical (unpaired) electrons. The van der Waals surface area contributed by atoms with Gasteiger partial charge in [0.25, 0.3) is 0 Å². The lowest BCUT2D eigenvalue weighted by molar-refractivity contribution is -0.131. The van der Waals surface area contributed by atoms with E-state index in [-0.39, 0.29) is 6.54 Å². The van der Waals surface area contributed by atoms with Gasteiger partial charge in [-0.25, -0.2) is 0 Å². The molecule has 3 nitrogen and oxygen atoms in total. The maximum Gasteiger partial charge on any atom is 0.390 e. The smallest absolute Gasteiger partial charge is 0.368 e. The Balaban J connectivity index is 2.29. The fourth-order valence-corrected chi connectivity index (χ4v) is 0.728. The summed E-state index contributed by atoms with van der Waals surface area (Å²) in [5.74, 6) is 0.353. The Morgan fingerprint density at radius 3 is 2.69 bits per heavy atom. The second-order valence-corrected chi connectivity index (χ2v) is 2.40. The van der Waals surface area contributed by atoms with Crippen molar-refractivity contribution >= 4 is 5.82 Å². The monoisotopic (exact) mass is 191 g/mol. The van der Waals surface area contributed by atoms with Gasteiger partial charge in [-0.3, -0.25) is 0 Å². The first-order valence-electron chi connectivity index (χ1n) is 3.66. The second kappa shape index (κ2) is 4.06. The molecule has 0 spiro atoms. The number of halogens is 3. The maximum atomic E-state index is 11.7. The molecule has 6 heteroatoms. The van der Waals surface area contributed by atoms with Crippen LogP contribution in [0.15, 0.2) is 18.3 Å². The number of alkyl halides is 3. The number of hydrogen-bond acceptors (Lipinski definition) is 3. The highest BCUT2D eigenvalue weighted by Gasteiger charge is 2.26. The molecular weight excluding hydrogens is 183 g/mol. The van der Waals surface area contributed by atoms with E-state index >= 15 is 0 Å². The van der Waals surface area contributed by atoms with Crippen LogP contribution in [0.3, 0.4) is 0 Å². The molecule has 0 atom stereocenters. The molecule has 0 unspecified atom stereocenters. The molecule has 0 bridgehead atoms. The molecule has 1 aromatic rings. The standard InChI is InChI=1S/C7H8F3N3/c8-7(9,10)3-5-11-6-2-1-4-12-13-6/h1-2,4H,3,5H2,(H,11,13). The van der Waals surface area contributed by atoms with Gasteiger partial charge in [0.2, 0.25) is 0 Å². The van der Waals surface area contributed by atoms with E-state index in [0.717, 1.165) is 0 Å². The summed E-state index contributed by atoms with van der Waals surface area (Å²) in [6.07, 6.45) is -3.55. The van der Waals surface area contributed by atoms with Gasteiger partial charge in [0.05, 0.1) is 6.42 Å². The molecule has 0 aliphatic carbocycles. The predicted octanol–water partition coefficient (Wildman–Crippen LogP) is 1.84. The van der Waals surface area contributed by atoms with Crippen LogP contribution in [0, 0.1) is 0 Å². The highest BCUT2D eigenvalue weighted by Crippen LogP contribution is 2.18. The van der Waals surface area contributed by atoms with Gasteiger partial charge < -0.3 is 5.32 Å². The normalized spacial score (nSPS) is 11.3. The lowest BCUT2D eigenvalue weighted by atomic mass is 10.4. The zero-order chi connectivity index (χ0) is 9.73. The zero-order valence-electron chi connectivity index (χ0n) is 6.67. The van der Waals surface area contributed by atoms with Crippen LogP contribution in [0.25, 0.3) is 0 Å². The summed E-state index contributed by atoms with van der Waals surface area (Å²) in [6.45, 7) is -0.178. The summed E-state index contributed by atoms with van der Waals surface area (Å²) in [5.41, 5.74) is 0. The largest absolute Gasteiger partial charge is 0.390 e. The van der Waals surface area contributed by atoms with E-state index in [9.17, 15) is 13.2 Å². The summed E-state index contributed by atoms with van der Waals surface area (Å²) in [5, 5.41) is 9.58. The quantitative estimate of drug-likeness (QED) is 0.792. The van der Waals surface area contributed by atoms with E-state index in [1.165, 1.54) is 6.20 Å². The fraction of sp³-hybridized carbons (Fsp3) is 0.429. The Labute approximate surface area is 73.0 Å². The molecular formula is C7H8F3N3. The van der Waals surface area contributed by atoms with Crippen molar-refractivity contribution in [2.24, 2.45) is 0 Å². The minimum atomic E-state index is -4.13. The van der Waals surface area contributed by atoms with E-state index in [1.807, 2.05) is 0 Å². The number of nitrogens with zero attached hydrogens (tertiary/aromatic N) is 2. The average molecular weight is 191 g/mol. The Morgan fingerprint density at radius 1 is 1.38 bits per heavy atom. The Morgan fingerprint density at radius 2 is 2.15 bits per heavy atom. The van der Waals surface area contributed by atoms with Gasteiger partial charge >= 0.3 is 6.18 Å². The SMILES string of the molecule is FC(F)(F)CCNc1cccnn1. The predicted molar refractivity (Wildman–Crippen MR) is 41.2 cm³/mol. The number of nitrogens with one attached hydrogen (secondary N) is 1. The van der Waals surface area contributed by atoms with Crippen LogP contribution in [0.5, 0.6) is 0 Å². The van der Waals surface area contributed by atoms with Crippen LogP contribution < -0.4 is 5.32 Å². The van der Waals surface area contributed by atoms with E-state index in [1.54, 1.807) is 12.1 Å². The number of hydrogen-bond donors (Lipinski definition) is 1. The minimum Gasteiger partial charge on any atom is -0.368 e. The van der Waals surface area contributed by atoms with Crippen LogP contribution in [0.2, 0.25) is 0 Å². The summed E-state index contributed by atoms with van der Waals surface area (Å²) in [6, 6.07) is 3.16. The topological polar surface area (TPSA) is 37.8 Å². The highest BCUT2D eigenvalue weighted by atomic mass is 19.4. The molecule has 1 aromatic heterocycles. The van der Waals surface area contributed by atoms with Crippen molar-refractivity contribution in [3.05, 3.63) is 18.3 Å². The molecule has 0 saturated carbocycles. The third-order valence-corrected chi connectivity index (χ3v) is 1.29. The maximum absolute atomic E-state index is 11.7. The van der Waals surface area contributed by atoms with E-state index in [2.05, 4.69) is 15.5 Å². The first-order chi connectivity index (χ1) is 6.08. The average Bonchev–Trinajstić information content (AvgIpc) is 2.04. The van der Waals surface area contributed by atoms with Crippen LogP contribution in [0.4, 0.5) is 19.0 Å². The van der Waals surface area contributed by atoms with Crippen molar-refractivity contribution in [1.82, 2.24) is 10.2 Å². The Kier molecular flexibility index (Phi) is 3.05. The van der Waals surface area contributed by atoms with E-state index in [0.29, 0.717) is 5.82 Å². The molecule has 1 N–H and O–H groups in total. The third-order valence-electron chi connectivity index (χ3n) is 1.29. The van der Waals surface area contributed by atoms with E-state index < -0.39 is 12.6 Å². The molecule has 13 heavy (non-hydrogen) atoms. The number of rotatable bonds is 3. The van der Waals surface area contributed by atoms with Crippen LogP contribution in [-0.4, -0.2) is 22.9 Å². The molecule has 0 aromatic carbocycles. The lowest BCUT2D eigenvalue weighted by Crippen LogP contribution is -2.15. The van der Waals surface area contributed by atoms with Gasteiger partial charge in [-0.05, 0) is 12.1 Å². The molecule has 0 aliphatic rings. The van der Waals surface area contributed by atoms with Crippen molar-refractivity contribution in [1.29, 1.82) is 0 Å². The minimum absolute atomic E-state index is 0.178. The summed E-state index contributed by atoms with van der Waals surface area (Å²) in [7, 11) is 0. The van der Waals surface area contributed by atoms with Gasteiger partial charge in [-0.2, -0.15) is 18.3 Å². The first kappa shape index (κ1) is 9.76. The van der Waals surface area contributed by atoms with Gasteiger partial charge in [0.15, 0.2) is 0 Å². The van der Waals surface area contributed by atoms with Crippen molar-refractivity contribution in [3.63, 3.8) is 0 Å². The number of anilines is 1. The molecule has 72 valence electrons. The summed E-state index contributed by atoms with van der Waals surface area (Å²) >= 11 is 0. The van der Waals surface area contributed by atoms with Crippen LogP contribution in [-0.2, 0) is 0 Å². The first-order valence-corrected chi connectivity index (χ1v) is 3.66.